The number of methoxy groups -OCH3 is 1. The molecule has 3 heterocycles. The van der Waals surface area contributed by atoms with Crippen LogP contribution in [-0.2, 0) is 6.54 Å². The third kappa shape index (κ3) is 3.71. The molecule has 1 unspecified atom stereocenters. The smallest absolute Gasteiger partial charge is 0.321 e. The minimum absolute atomic E-state index is 0.103. The number of nitrogens with two attached hydrogens (primary N) is 1. The number of ether oxygens (including phenoxy) is 1. The second kappa shape index (κ2) is 7.82. The number of benzene rings is 1. The number of urea groups is 1. The predicted molar refractivity (Wildman–Crippen MR) is 108 cm³/mol. The molecule has 28 heavy (non-hydrogen) atoms. The molecule has 148 valence electrons. The first-order valence-corrected chi connectivity index (χ1v) is 9.83. The van der Waals surface area contributed by atoms with Crippen LogP contribution in [0.25, 0.3) is 0 Å². The Morgan fingerprint density at radius 2 is 2.07 bits per heavy atom. The van der Waals surface area contributed by atoms with Crippen molar-refractivity contribution in [2.24, 2.45) is 5.84 Å². The van der Waals surface area contributed by atoms with Crippen molar-refractivity contribution in [1.29, 1.82) is 0 Å². The maximum Gasteiger partial charge on any atom is 0.321 e. The van der Waals surface area contributed by atoms with E-state index in [1.165, 1.54) is 11.9 Å². The van der Waals surface area contributed by atoms with Gasteiger partial charge < -0.3 is 19.9 Å². The lowest BCUT2D eigenvalue weighted by atomic mass is 10.1. The van der Waals surface area contributed by atoms with Crippen molar-refractivity contribution in [3.8, 4) is 5.75 Å². The van der Waals surface area contributed by atoms with E-state index in [4.69, 9.17) is 10.6 Å². The molecular formula is C18H23N7O2S. The summed E-state index contributed by atoms with van der Waals surface area (Å²) >= 11 is 1.43. The minimum atomic E-state index is -0.103. The third-order valence-corrected chi connectivity index (χ3v) is 5.82. The second-order valence-corrected chi connectivity index (χ2v) is 7.83. The molecule has 2 aliphatic rings. The molecule has 0 bridgehead atoms. The van der Waals surface area contributed by atoms with Crippen molar-refractivity contribution in [2.45, 2.75) is 24.5 Å². The van der Waals surface area contributed by atoms with E-state index < -0.39 is 0 Å². The Morgan fingerprint density at radius 3 is 2.79 bits per heavy atom. The number of anilines is 2. The number of carbonyl (C=O) groups excluding carboxylic acids is 1. The molecular weight excluding hydrogens is 378 g/mol. The number of nitrogens with one attached hydrogen (secondary N) is 1. The summed E-state index contributed by atoms with van der Waals surface area (Å²) in [6.45, 7) is 4.64. The van der Waals surface area contributed by atoms with Gasteiger partial charge >= 0.3 is 6.03 Å². The Kier molecular flexibility index (Phi) is 5.25. The minimum Gasteiger partial charge on any atom is -0.497 e. The SMILES string of the molecule is COc1ccc(NC(=O)N2CCN(c3ncnc4c3CN(N)S4)C(C)C2)cc1. The van der Waals surface area contributed by atoms with Gasteiger partial charge in [0.25, 0.3) is 0 Å². The van der Waals surface area contributed by atoms with Crippen LogP contribution in [0.15, 0.2) is 35.6 Å². The van der Waals surface area contributed by atoms with Gasteiger partial charge in [0.05, 0.1) is 13.7 Å². The number of hydrogen-bond donors (Lipinski definition) is 2. The van der Waals surface area contributed by atoms with Gasteiger partial charge in [0.15, 0.2) is 0 Å². The number of nitrogens with zero attached hydrogens (tertiary/aromatic N) is 5. The molecule has 0 aliphatic carbocycles. The Morgan fingerprint density at radius 1 is 1.29 bits per heavy atom. The van der Waals surface area contributed by atoms with E-state index in [1.807, 2.05) is 29.2 Å². The van der Waals surface area contributed by atoms with Crippen LogP contribution in [0.1, 0.15) is 12.5 Å². The van der Waals surface area contributed by atoms with Crippen molar-refractivity contribution in [3.05, 3.63) is 36.2 Å². The highest BCUT2D eigenvalue weighted by atomic mass is 32.2. The fourth-order valence-electron chi connectivity index (χ4n) is 3.48. The molecule has 1 fully saturated rings. The first-order valence-electron chi connectivity index (χ1n) is 9.06. The summed E-state index contributed by atoms with van der Waals surface area (Å²) in [6.07, 6.45) is 1.58. The molecule has 1 atom stereocenters. The molecule has 0 radical (unpaired) electrons. The van der Waals surface area contributed by atoms with Gasteiger partial charge in [-0.2, -0.15) is 4.41 Å². The Labute approximate surface area is 168 Å². The van der Waals surface area contributed by atoms with Crippen molar-refractivity contribution < 1.29 is 9.53 Å². The lowest BCUT2D eigenvalue weighted by Gasteiger charge is -2.41. The average molecular weight is 401 g/mol. The van der Waals surface area contributed by atoms with Crippen molar-refractivity contribution >= 4 is 29.5 Å². The maximum atomic E-state index is 12.7. The van der Waals surface area contributed by atoms with Crippen molar-refractivity contribution in [1.82, 2.24) is 19.3 Å². The summed E-state index contributed by atoms with van der Waals surface area (Å²) in [5.41, 5.74) is 1.80. The molecule has 10 heteroatoms. The fraction of sp³-hybridized carbons (Fsp3) is 0.389. The van der Waals surface area contributed by atoms with Gasteiger partial charge in [0.1, 0.15) is 22.9 Å². The number of rotatable bonds is 3. The quantitative estimate of drug-likeness (QED) is 0.457. The van der Waals surface area contributed by atoms with Gasteiger partial charge in [0, 0.05) is 36.9 Å². The van der Waals surface area contributed by atoms with Crippen LogP contribution in [0, 0.1) is 0 Å². The summed E-state index contributed by atoms with van der Waals surface area (Å²) in [6, 6.07) is 7.34. The zero-order chi connectivity index (χ0) is 19.7. The molecule has 0 saturated carbocycles. The first kappa shape index (κ1) is 18.8. The average Bonchev–Trinajstić information content (AvgIpc) is 3.09. The molecule has 9 nitrogen and oxygen atoms in total. The summed E-state index contributed by atoms with van der Waals surface area (Å²) in [5.74, 6) is 7.58. The van der Waals surface area contributed by atoms with Crippen molar-refractivity contribution in [2.75, 3.05) is 37.0 Å². The molecule has 0 spiro atoms. The topological polar surface area (TPSA) is 99.8 Å². The molecule has 1 aromatic heterocycles. The summed E-state index contributed by atoms with van der Waals surface area (Å²) in [4.78, 5) is 25.5. The van der Waals surface area contributed by atoms with E-state index in [9.17, 15) is 4.79 Å². The van der Waals surface area contributed by atoms with Crippen LogP contribution in [0.3, 0.4) is 0 Å². The monoisotopic (exact) mass is 401 g/mol. The highest BCUT2D eigenvalue weighted by Gasteiger charge is 2.32. The number of piperazine rings is 1. The Balaban J connectivity index is 1.41. The van der Waals surface area contributed by atoms with Crippen LogP contribution < -0.4 is 20.8 Å². The Bertz CT molecular complexity index is 864. The summed E-state index contributed by atoms with van der Waals surface area (Å²) in [7, 11) is 1.62. The molecule has 4 rings (SSSR count). The molecule has 2 aliphatic heterocycles. The van der Waals surface area contributed by atoms with Gasteiger partial charge in [-0.15, -0.1) is 0 Å². The molecule has 2 aromatic rings. The number of hydrogen-bond acceptors (Lipinski definition) is 8. The zero-order valence-electron chi connectivity index (χ0n) is 15.8. The number of carbonyl (C=O) groups is 1. The van der Waals surface area contributed by atoms with Crippen LogP contribution in [0.5, 0.6) is 5.75 Å². The van der Waals surface area contributed by atoms with Crippen LogP contribution in [0.4, 0.5) is 16.3 Å². The van der Waals surface area contributed by atoms with E-state index in [0.29, 0.717) is 26.2 Å². The van der Waals surface area contributed by atoms with E-state index in [2.05, 4.69) is 27.1 Å². The van der Waals surface area contributed by atoms with E-state index in [0.717, 1.165) is 27.8 Å². The van der Waals surface area contributed by atoms with Gasteiger partial charge in [-0.25, -0.2) is 14.8 Å². The third-order valence-electron chi connectivity index (χ3n) is 4.93. The lowest BCUT2D eigenvalue weighted by Crippen LogP contribution is -2.55. The standard InChI is InChI=1S/C18H23N7O2S/c1-12-9-23(18(26)22-13-3-5-14(27-2)6-4-13)7-8-24(12)16-15-10-25(19)28-17(15)21-11-20-16/h3-6,11-12H,7-10,19H2,1-2H3,(H,22,26). The summed E-state index contributed by atoms with van der Waals surface area (Å²) in [5, 5.41) is 3.85. The van der Waals surface area contributed by atoms with Crippen molar-refractivity contribution in [3.63, 3.8) is 0 Å². The number of fused-ring (bicyclic) bond motifs is 1. The second-order valence-electron chi connectivity index (χ2n) is 6.79. The normalized spacial score (nSPS) is 19.5. The highest BCUT2D eigenvalue weighted by Crippen LogP contribution is 2.37. The predicted octanol–water partition coefficient (Wildman–Crippen LogP) is 1.92. The van der Waals surface area contributed by atoms with Crippen LogP contribution in [0.2, 0.25) is 0 Å². The summed E-state index contributed by atoms with van der Waals surface area (Å²) < 4.78 is 6.80. The molecule has 1 saturated heterocycles. The number of aromatic nitrogens is 2. The van der Waals surface area contributed by atoms with Gasteiger partial charge in [-0.1, -0.05) is 0 Å². The number of amides is 2. The van der Waals surface area contributed by atoms with Crippen LogP contribution >= 0.6 is 11.9 Å². The zero-order valence-corrected chi connectivity index (χ0v) is 16.6. The molecule has 2 amide bonds. The fourth-order valence-corrected chi connectivity index (χ4v) is 4.26. The largest absolute Gasteiger partial charge is 0.497 e. The lowest BCUT2D eigenvalue weighted by molar-refractivity contribution is 0.200. The number of hydrazine groups is 1. The van der Waals surface area contributed by atoms with Gasteiger partial charge in [-0.3, -0.25) is 5.84 Å². The van der Waals surface area contributed by atoms with E-state index >= 15 is 0 Å². The highest BCUT2D eigenvalue weighted by molar-refractivity contribution is 7.97. The molecule has 1 aromatic carbocycles. The van der Waals surface area contributed by atoms with E-state index in [1.54, 1.807) is 17.9 Å². The van der Waals surface area contributed by atoms with E-state index in [-0.39, 0.29) is 12.1 Å². The Hall–Kier alpha value is -2.56. The first-order chi connectivity index (χ1) is 13.5. The van der Waals surface area contributed by atoms with Gasteiger partial charge in [-0.05, 0) is 43.1 Å². The maximum absolute atomic E-state index is 12.7. The molecule has 3 N–H and O–H groups in total. The van der Waals surface area contributed by atoms with Gasteiger partial charge in [0.2, 0.25) is 0 Å². The van der Waals surface area contributed by atoms with Crippen LogP contribution in [-0.4, -0.2) is 58.1 Å².